The predicted octanol–water partition coefficient (Wildman–Crippen LogP) is 0.252. The molecule has 18 heavy (non-hydrogen) atoms. The van der Waals surface area contributed by atoms with Gasteiger partial charge in [0, 0.05) is 18.5 Å². The Labute approximate surface area is 107 Å². The zero-order valence-electron chi connectivity index (χ0n) is 10.9. The molecule has 6 nitrogen and oxygen atoms in total. The van der Waals surface area contributed by atoms with Gasteiger partial charge in [-0.3, -0.25) is 9.59 Å². The first-order chi connectivity index (χ1) is 8.34. The number of nitrogens with two attached hydrogens (primary N) is 1. The van der Waals surface area contributed by atoms with Crippen LogP contribution >= 0.6 is 0 Å². The van der Waals surface area contributed by atoms with Gasteiger partial charge in [-0.1, -0.05) is 0 Å². The molecule has 1 aliphatic rings. The van der Waals surface area contributed by atoms with E-state index in [1.807, 2.05) is 13.8 Å². The van der Waals surface area contributed by atoms with Gasteiger partial charge < -0.3 is 20.9 Å². The van der Waals surface area contributed by atoms with Crippen molar-refractivity contribution in [2.75, 3.05) is 6.54 Å². The summed E-state index contributed by atoms with van der Waals surface area (Å²) in [7, 11) is 0. The molecule has 4 N–H and O–H groups in total. The molecule has 1 heterocycles. The highest BCUT2D eigenvalue weighted by atomic mass is 16.5. The van der Waals surface area contributed by atoms with E-state index in [1.54, 1.807) is 0 Å². The maximum Gasteiger partial charge on any atom is 0.303 e. The molecule has 1 rings (SSSR count). The Kier molecular flexibility index (Phi) is 5.10. The first-order valence-electron chi connectivity index (χ1n) is 6.23. The Morgan fingerprint density at radius 2 is 2.11 bits per heavy atom. The van der Waals surface area contributed by atoms with Gasteiger partial charge in [0.15, 0.2) is 0 Å². The van der Waals surface area contributed by atoms with E-state index in [1.165, 1.54) is 0 Å². The molecule has 2 unspecified atom stereocenters. The van der Waals surface area contributed by atoms with Crippen molar-refractivity contribution >= 4 is 11.9 Å². The molecule has 1 aliphatic heterocycles. The van der Waals surface area contributed by atoms with E-state index in [0.29, 0.717) is 19.4 Å². The third-order valence-electron chi connectivity index (χ3n) is 3.09. The molecule has 2 atom stereocenters. The summed E-state index contributed by atoms with van der Waals surface area (Å²) in [4.78, 5) is 22.5. The Balaban J connectivity index is 2.41. The van der Waals surface area contributed by atoms with Crippen LogP contribution in [0.3, 0.4) is 0 Å². The summed E-state index contributed by atoms with van der Waals surface area (Å²) in [6.45, 7) is 4.04. The average molecular weight is 258 g/mol. The van der Waals surface area contributed by atoms with E-state index >= 15 is 0 Å². The lowest BCUT2D eigenvalue weighted by molar-refractivity contribution is -0.138. The Morgan fingerprint density at radius 3 is 2.61 bits per heavy atom. The fourth-order valence-electron chi connectivity index (χ4n) is 1.97. The minimum absolute atomic E-state index is 0.0320. The van der Waals surface area contributed by atoms with Crippen molar-refractivity contribution in [3.63, 3.8) is 0 Å². The average Bonchev–Trinajstić information content (AvgIpc) is 2.74. The lowest BCUT2D eigenvalue weighted by Gasteiger charge is -2.27. The van der Waals surface area contributed by atoms with Crippen molar-refractivity contribution in [1.82, 2.24) is 5.32 Å². The van der Waals surface area contributed by atoms with Gasteiger partial charge in [-0.15, -0.1) is 0 Å². The number of carboxylic acids is 1. The van der Waals surface area contributed by atoms with E-state index in [4.69, 9.17) is 15.6 Å². The number of amides is 1. The summed E-state index contributed by atoms with van der Waals surface area (Å²) in [5, 5.41) is 11.5. The second kappa shape index (κ2) is 6.15. The third-order valence-corrected chi connectivity index (χ3v) is 3.09. The van der Waals surface area contributed by atoms with Crippen LogP contribution in [0.1, 0.15) is 39.5 Å². The van der Waals surface area contributed by atoms with Crippen LogP contribution in [-0.4, -0.2) is 41.3 Å². The maximum absolute atomic E-state index is 11.9. The van der Waals surface area contributed by atoms with Gasteiger partial charge in [0.25, 0.3) is 0 Å². The molecule has 0 aliphatic carbocycles. The Bertz CT molecular complexity index is 317. The summed E-state index contributed by atoms with van der Waals surface area (Å²) in [6, 6.07) is 0. The number of hydrogen-bond acceptors (Lipinski definition) is 4. The summed E-state index contributed by atoms with van der Waals surface area (Å²) >= 11 is 0. The molecule has 6 heteroatoms. The highest BCUT2D eigenvalue weighted by molar-refractivity contribution is 5.81. The van der Waals surface area contributed by atoms with Crippen molar-refractivity contribution in [2.24, 2.45) is 5.73 Å². The number of rotatable bonds is 6. The zero-order valence-corrected chi connectivity index (χ0v) is 10.9. The quantitative estimate of drug-likeness (QED) is 0.634. The number of hydrogen-bond donors (Lipinski definition) is 3. The van der Waals surface area contributed by atoms with Gasteiger partial charge in [0.2, 0.25) is 5.91 Å². The van der Waals surface area contributed by atoms with Gasteiger partial charge in [0.1, 0.15) is 6.10 Å². The van der Waals surface area contributed by atoms with Crippen molar-refractivity contribution in [3.05, 3.63) is 0 Å². The van der Waals surface area contributed by atoms with E-state index < -0.39 is 17.6 Å². The van der Waals surface area contributed by atoms with Crippen LogP contribution < -0.4 is 11.1 Å². The zero-order chi connectivity index (χ0) is 13.8. The van der Waals surface area contributed by atoms with Crippen LogP contribution in [0.2, 0.25) is 0 Å². The van der Waals surface area contributed by atoms with E-state index in [-0.39, 0.29) is 18.4 Å². The standard InChI is InChI=1S/C12H22N2O4/c1-12(2,6-5-10(15)16)14-11(17)9-4-3-8(7-13)18-9/h8-9H,3-7,13H2,1-2H3,(H,14,17)(H,15,16). The molecule has 1 saturated heterocycles. The molecule has 0 aromatic rings. The summed E-state index contributed by atoms with van der Waals surface area (Å²) in [5.74, 6) is -1.04. The largest absolute Gasteiger partial charge is 0.481 e. The first-order valence-corrected chi connectivity index (χ1v) is 6.23. The van der Waals surface area contributed by atoms with E-state index in [0.717, 1.165) is 6.42 Å². The van der Waals surface area contributed by atoms with Gasteiger partial charge in [-0.25, -0.2) is 0 Å². The highest BCUT2D eigenvalue weighted by Crippen LogP contribution is 2.20. The molecule has 104 valence electrons. The Morgan fingerprint density at radius 1 is 1.44 bits per heavy atom. The van der Waals surface area contributed by atoms with Gasteiger partial charge in [0.05, 0.1) is 6.10 Å². The van der Waals surface area contributed by atoms with Crippen molar-refractivity contribution < 1.29 is 19.4 Å². The van der Waals surface area contributed by atoms with Crippen LogP contribution in [0.25, 0.3) is 0 Å². The molecule has 1 amide bonds. The number of aliphatic carboxylic acids is 1. The van der Waals surface area contributed by atoms with Gasteiger partial charge in [-0.2, -0.15) is 0 Å². The topological polar surface area (TPSA) is 102 Å². The molecule has 0 aromatic carbocycles. The number of ether oxygens (including phenoxy) is 1. The fourth-order valence-corrected chi connectivity index (χ4v) is 1.97. The number of carbonyl (C=O) groups is 2. The van der Waals surface area contributed by atoms with Crippen molar-refractivity contribution in [2.45, 2.75) is 57.3 Å². The summed E-state index contributed by atoms with van der Waals surface area (Å²) < 4.78 is 5.49. The summed E-state index contributed by atoms with van der Waals surface area (Å²) in [5.41, 5.74) is 4.94. The van der Waals surface area contributed by atoms with Crippen LogP contribution in [0.15, 0.2) is 0 Å². The molecule has 0 radical (unpaired) electrons. The number of nitrogens with one attached hydrogen (secondary N) is 1. The second-order valence-corrected chi connectivity index (χ2v) is 5.33. The number of carbonyl (C=O) groups excluding carboxylic acids is 1. The Hall–Kier alpha value is -1.14. The lowest BCUT2D eigenvalue weighted by atomic mass is 9.98. The molecule has 1 fully saturated rings. The molecule has 0 saturated carbocycles. The predicted molar refractivity (Wildman–Crippen MR) is 66.0 cm³/mol. The summed E-state index contributed by atoms with van der Waals surface area (Å²) in [6.07, 6.45) is 1.39. The minimum Gasteiger partial charge on any atom is -0.481 e. The normalized spacial score (nSPS) is 23.9. The fraction of sp³-hybridized carbons (Fsp3) is 0.833. The number of carboxylic acid groups (broad SMARTS) is 1. The lowest BCUT2D eigenvalue weighted by Crippen LogP contribution is -2.48. The van der Waals surface area contributed by atoms with E-state index in [2.05, 4.69) is 5.32 Å². The van der Waals surface area contributed by atoms with Gasteiger partial charge in [-0.05, 0) is 33.1 Å². The molecular weight excluding hydrogens is 236 g/mol. The maximum atomic E-state index is 11.9. The van der Waals surface area contributed by atoms with Crippen LogP contribution in [0, 0.1) is 0 Å². The smallest absolute Gasteiger partial charge is 0.303 e. The monoisotopic (exact) mass is 258 g/mol. The molecule has 0 spiro atoms. The highest BCUT2D eigenvalue weighted by Gasteiger charge is 2.32. The van der Waals surface area contributed by atoms with Crippen LogP contribution in [-0.2, 0) is 14.3 Å². The molecule has 0 aromatic heterocycles. The third kappa shape index (κ3) is 4.62. The second-order valence-electron chi connectivity index (χ2n) is 5.33. The minimum atomic E-state index is -0.863. The van der Waals surface area contributed by atoms with Gasteiger partial charge >= 0.3 is 5.97 Å². The van der Waals surface area contributed by atoms with Crippen LogP contribution in [0.5, 0.6) is 0 Å². The van der Waals surface area contributed by atoms with E-state index in [9.17, 15) is 9.59 Å². The van der Waals surface area contributed by atoms with Crippen molar-refractivity contribution in [1.29, 1.82) is 0 Å². The van der Waals surface area contributed by atoms with Crippen LogP contribution in [0.4, 0.5) is 0 Å². The SMILES string of the molecule is CC(C)(CCC(=O)O)NC(=O)C1CCC(CN)O1. The first kappa shape index (κ1) is 14.9. The van der Waals surface area contributed by atoms with Crippen molar-refractivity contribution in [3.8, 4) is 0 Å². The molecular formula is C12H22N2O4. The molecule has 0 bridgehead atoms.